The Labute approximate surface area is 172 Å². The van der Waals surface area contributed by atoms with Gasteiger partial charge in [0.05, 0.1) is 15.5 Å². The molecule has 0 spiro atoms. The number of nitrogens with one attached hydrogen (secondary N) is 1. The number of nitrogens with zero attached hydrogens (tertiary/aromatic N) is 3. The number of rotatable bonds is 3. The van der Waals surface area contributed by atoms with Crippen LogP contribution in [0.15, 0.2) is 10.4 Å². The number of sulfone groups is 1. The number of aromatic nitrogens is 1. The van der Waals surface area contributed by atoms with Gasteiger partial charge in [-0.25, -0.2) is 13.4 Å². The molecule has 0 radical (unpaired) electrons. The molecule has 0 unspecified atom stereocenters. The second-order valence-electron chi connectivity index (χ2n) is 6.35. The lowest BCUT2D eigenvalue weighted by molar-refractivity contribution is -0.140. The number of thiazole rings is 1. The highest BCUT2D eigenvalue weighted by Gasteiger charge is 2.41. The average Bonchev–Trinajstić information content (AvgIpc) is 2.96. The fourth-order valence-corrected chi connectivity index (χ4v) is 4.66. The van der Waals surface area contributed by atoms with Crippen LogP contribution in [0.4, 0.5) is 13.2 Å². The number of halogens is 4. The summed E-state index contributed by atoms with van der Waals surface area (Å²) in [6.07, 6.45) is -4.10. The van der Waals surface area contributed by atoms with E-state index in [1.807, 2.05) is 4.90 Å². The average molecular weight is 526 g/mol. The van der Waals surface area contributed by atoms with Crippen LogP contribution in [0.5, 0.6) is 0 Å². The zero-order chi connectivity index (χ0) is 18.9. The summed E-state index contributed by atoms with van der Waals surface area (Å²) in [5.41, 5.74) is -0.875. The van der Waals surface area contributed by atoms with Gasteiger partial charge in [-0.3, -0.25) is 4.99 Å². The van der Waals surface area contributed by atoms with E-state index >= 15 is 0 Å². The first-order valence-corrected chi connectivity index (χ1v) is 10.2. The second-order valence-corrected chi connectivity index (χ2v) is 10.0. The molecule has 6 nitrogen and oxygen atoms in total. The Bertz CT molecular complexity index is 748. The number of hydrogen-bond acceptors (Lipinski definition) is 5. The van der Waals surface area contributed by atoms with E-state index in [2.05, 4.69) is 15.3 Å². The van der Waals surface area contributed by atoms with Crippen molar-refractivity contribution >= 4 is 51.1 Å². The minimum atomic E-state index is -4.43. The van der Waals surface area contributed by atoms with Crippen LogP contribution in [0.2, 0.25) is 0 Å². The fourth-order valence-electron chi connectivity index (χ4n) is 2.49. The van der Waals surface area contributed by atoms with Crippen molar-refractivity contribution in [1.29, 1.82) is 0 Å². The van der Waals surface area contributed by atoms with E-state index in [1.54, 1.807) is 20.9 Å². The van der Waals surface area contributed by atoms with E-state index in [-0.39, 0.29) is 29.7 Å². The van der Waals surface area contributed by atoms with Crippen LogP contribution in [-0.4, -0.2) is 61.4 Å². The highest BCUT2D eigenvalue weighted by molar-refractivity contribution is 14.0. The molecular formula is C14H22F3IN4O2S2. The molecule has 1 aromatic rings. The highest BCUT2D eigenvalue weighted by Crippen LogP contribution is 2.30. The van der Waals surface area contributed by atoms with E-state index in [0.717, 1.165) is 16.7 Å². The molecule has 2 heterocycles. The number of aliphatic imine (C=N–C) groups is 1. The topological polar surface area (TPSA) is 74.7 Å². The van der Waals surface area contributed by atoms with Gasteiger partial charge in [-0.1, -0.05) is 0 Å². The van der Waals surface area contributed by atoms with Gasteiger partial charge >= 0.3 is 6.18 Å². The molecule has 0 atom stereocenters. The van der Waals surface area contributed by atoms with Crippen LogP contribution < -0.4 is 5.32 Å². The van der Waals surface area contributed by atoms with Crippen molar-refractivity contribution in [3.05, 3.63) is 16.1 Å². The largest absolute Gasteiger partial charge is 0.434 e. The number of alkyl halides is 3. The van der Waals surface area contributed by atoms with Crippen molar-refractivity contribution < 1.29 is 21.6 Å². The first-order chi connectivity index (χ1) is 11.5. The zero-order valence-electron chi connectivity index (χ0n) is 14.6. The van der Waals surface area contributed by atoms with Crippen molar-refractivity contribution in [3.8, 4) is 0 Å². The minimum absolute atomic E-state index is 0. The summed E-state index contributed by atoms with van der Waals surface area (Å²) in [5, 5.41) is 4.46. The molecule has 0 saturated carbocycles. The van der Waals surface area contributed by atoms with Crippen molar-refractivity contribution in [3.63, 3.8) is 0 Å². The maximum atomic E-state index is 12.5. The summed E-state index contributed by atoms with van der Waals surface area (Å²) in [5.74, 6) is 0.581. The third-order valence-electron chi connectivity index (χ3n) is 4.02. The van der Waals surface area contributed by atoms with Gasteiger partial charge in [-0.05, 0) is 13.8 Å². The second kappa shape index (κ2) is 8.59. The van der Waals surface area contributed by atoms with Gasteiger partial charge in [0.1, 0.15) is 0 Å². The van der Waals surface area contributed by atoms with Crippen LogP contribution in [-0.2, 0) is 22.4 Å². The predicted molar refractivity (Wildman–Crippen MR) is 107 cm³/mol. The summed E-state index contributed by atoms with van der Waals surface area (Å²) >= 11 is 0.967. The SMILES string of the molecule is CN=C(NCCc1nc(C(F)(F)F)cs1)N1CCS(=O)(=O)C(C)(C)C1.I. The molecule has 0 aliphatic carbocycles. The summed E-state index contributed by atoms with van der Waals surface area (Å²) in [7, 11) is -1.56. The molecule has 0 aromatic carbocycles. The molecule has 1 fully saturated rings. The third kappa shape index (κ3) is 5.44. The first-order valence-electron chi connectivity index (χ1n) is 7.66. The van der Waals surface area contributed by atoms with Gasteiger partial charge in [-0.2, -0.15) is 13.2 Å². The number of hydrogen-bond donors (Lipinski definition) is 1. The smallest absolute Gasteiger partial charge is 0.356 e. The van der Waals surface area contributed by atoms with Crippen molar-refractivity contribution in [1.82, 2.24) is 15.2 Å². The minimum Gasteiger partial charge on any atom is -0.356 e. The molecule has 1 aliphatic heterocycles. The summed E-state index contributed by atoms with van der Waals surface area (Å²) in [6.45, 7) is 4.36. The molecule has 1 N–H and O–H groups in total. The van der Waals surface area contributed by atoms with Crippen molar-refractivity contribution in [2.45, 2.75) is 31.2 Å². The summed E-state index contributed by atoms with van der Waals surface area (Å²) in [4.78, 5) is 9.57. The van der Waals surface area contributed by atoms with E-state index in [0.29, 0.717) is 37.0 Å². The molecule has 1 saturated heterocycles. The van der Waals surface area contributed by atoms with E-state index in [1.165, 1.54) is 0 Å². The maximum absolute atomic E-state index is 12.5. The van der Waals surface area contributed by atoms with Gasteiger partial charge in [0.2, 0.25) is 0 Å². The van der Waals surface area contributed by atoms with Crippen molar-refractivity contribution in [2.75, 3.05) is 32.4 Å². The van der Waals surface area contributed by atoms with E-state index < -0.39 is 26.5 Å². The van der Waals surface area contributed by atoms with Crippen molar-refractivity contribution in [2.24, 2.45) is 4.99 Å². The molecular weight excluding hydrogens is 504 g/mol. The van der Waals surface area contributed by atoms with Crippen LogP contribution in [0, 0.1) is 0 Å². The van der Waals surface area contributed by atoms with Crippen LogP contribution in [0.25, 0.3) is 0 Å². The van der Waals surface area contributed by atoms with Gasteiger partial charge in [-0.15, -0.1) is 35.3 Å². The molecule has 0 amide bonds. The van der Waals surface area contributed by atoms with Gasteiger partial charge < -0.3 is 10.2 Å². The van der Waals surface area contributed by atoms with E-state index in [4.69, 9.17) is 0 Å². The maximum Gasteiger partial charge on any atom is 0.434 e. The Morgan fingerprint density at radius 1 is 1.46 bits per heavy atom. The molecule has 12 heteroatoms. The standard InChI is InChI=1S/C14H21F3N4O2S2.HI/c1-13(2)9-21(6-7-25(13,22)23)12(18-3)19-5-4-11-20-10(8-24-11)14(15,16)17;/h8H,4-7,9H2,1-3H3,(H,18,19);1H. The first kappa shape index (κ1) is 23.4. The summed E-state index contributed by atoms with van der Waals surface area (Å²) in [6, 6.07) is 0. The Balaban J connectivity index is 0.00000338. The Morgan fingerprint density at radius 2 is 2.12 bits per heavy atom. The lowest BCUT2D eigenvalue weighted by Crippen LogP contribution is -2.57. The van der Waals surface area contributed by atoms with Crippen LogP contribution >= 0.6 is 35.3 Å². The Hall–Kier alpha value is -0.630. The summed E-state index contributed by atoms with van der Waals surface area (Å²) < 4.78 is 60.9. The van der Waals surface area contributed by atoms with E-state index in [9.17, 15) is 21.6 Å². The molecule has 2 rings (SSSR count). The lowest BCUT2D eigenvalue weighted by Gasteiger charge is -2.39. The molecule has 0 bridgehead atoms. The molecule has 1 aliphatic rings. The van der Waals surface area contributed by atoms with Crippen LogP contribution in [0.1, 0.15) is 24.5 Å². The molecule has 150 valence electrons. The van der Waals surface area contributed by atoms with Crippen LogP contribution in [0.3, 0.4) is 0 Å². The number of guanidine groups is 1. The lowest BCUT2D eigenvalue weighted by atomic mass is 10.2. The van der Waals surface area contributed by atoms with Gasteiger partial charge in [0.25, 0.3) is 0 Å². The Kier molecular flexibility index (Phi) is 7.73. The zero-order valence-corrected chi connectivity index (χ0v) is 18.6. The molecule has 1 aromatic heterocycles. The van der Waals surface area contributed by atoms with Gasteiger partial charge in [0.15, 0.2) is 21.5 Å². The normalized spacial score (nSPS) is 19.8. The molecule has 26 heavy (non-hydrogen) atoms. The fraction of sp³-hybridized carbons (Fsp3) is 0.714. The Morgan fingerprint density at radius 3 is 2.62 bits per heavy atom. The predicted octanol–water partition coefficient (Wildman–Crippen LogP) is 2.41. The highest BCUT2D eigenvalue weighted by atomic mass is 127. The monoisotopic (exact) mass is 526 g/mol. The quantitative estimate of drug-likeness (QED) is 0.372. The van der Waals surface area contributed by atoms with Gasteiger partial charge in [0, 0.05) is 38.5 Å². The third-order valence-corrected chi connectivity index (χ3v) is 7.46.